The predicted octanol–water partition coefficient (Wildman–Crippen LogP) is 3.95. The Kier molecular flexibility index (Phi) is 2.82. The van der Waals surface area contributed by atoms with Crippen molar-refractivity contribution in [3.8, 4) is 11.1 Å². The summed E-state index contributed by atoms with van der Waals surface area (Å²) >= 11 is 6.09. The monoisotopic (exact) mass is 256 g/mol. The fourth-order valence-electron chi connectivity index (χ4n) is 2.31. The minimum atomic E-state index is 0.483. The van der Waals surface area contributed by atoms with E-state index in [-0.39, 0.29) is 0 Å². The first-order chi connectivity index (χ1) is 8.79. The third-order valence-corrected chi connectivity index (χ3v) is 3.34. The van der Waals surface area contributed by atoms with Crippen molar-refractivity contribution in [3.63, 3.8) is 0 Å². The van der Waals surface area contributed by atoms with Crippen LogP contribution in [0.2, 0.25) is 5.02 Å². The lowest BCUT2D eigenvalue weighted by Crippen LogP contribution is -1.98. The van der Waals surface area contributed by atoms with Gasteiger partial charge in [-0.15, -0.1) is 0 Å². The van der Waals surface area contributed by atoms with Gasteiger partial charge in [0.1, 0.15) is 0 Å². The molecule has 0 radical (unpaired) electrons. The highest BCUT2D eigenvalue weighted by Crippen LogP contribution is 2.33. The van der Waals surface area contributed by atoms with Gasteiger partial charge in [-0.2, -0.15) is 0 Å². The molecule has 0 saturated carbocycles. The maximum atomic E-state index is 6.09. The van der Waals surface area contributed by atoms with E-state index >= 15 is 0 Å². The number of nitrogens with two attached hydrogens (primary N) is 1. The molecule has 2 aromatic carbocycles. The van der Waals surface area contributed by atoms with Crippen LogP contribution in [0.25, 0.3) is 22.0 Å². The molecular weight excluding hydrogens is 244 g/mol. The lowest BCUT2D eigenvalue weighted by Gasteiger charge is -2.03. The molecule has 3 N–H and O–H groups in total. The molecule has 0 aliphatic heterocycles. The summed E-state index contributed by atoms with van der Waals surface area (Å²) in [4.78, 5) is 3.36. The smallest absolute Gasteiger partial charge is 0.0463 e. The Morgan fingerprint density at radius 2 is 1.83 bits per heavy atom. The summed E-state index contributed by atoms with van der Waals surface area (Å²) in [6, 6.07) is 16.1. The number of benzene rings is 2. The molecule has 0 spiro atoms. The van der Waals surface area contributed by atoms with Crippen LogP contribution in [-0.4, -0.2) is 4.98 Å². The molecule has 0 bridgehead atoms. The zero-order valence-electron chi connectivity index (χ0n) is 9.78. The van der Waals surface area contributed by atoms with Crippen LogP contribution in [-0.2, 0) is 6.54 Å². The van der Waals surface area contributed by atoms with Crippen molar-refractivity contribution in [2.24, 2.45) is 5.73 Å². The molecule has 3 heteroatoms. The number of hydrogen-bond donors (Lipinski definition) is 2. The van der Waals surface area contributed by atoms with Gasteiger partial charge in [-0.05, 0) is 23.8 Å². The fourth-order valence-corrected chi connectivity index (χ4v) is 2.48. The van der Waals surface area contributed by atoms with Gasteiger partial charge >= 0.3 is 0 Å². The summed E-state index contributed by atoms with van der Waals surface area (Å²) < 4.78 is 0. The molecule has 1 aromatic heterocycles. The number of nitrogens with one attached hydrogen (secondary N) is 1. The van der Waals surface area contributed by atoms with E-state index in [0.717, 1.165) is 32.7 Å². The summed E-state index contributed by atoms with van der Waals surface area (Å²) in [6.07, 6.45) is 0. The third kappa shape index (κ3) is 1.80. The molecule has 90 valence electrons. The predicted molar refractivity (Wildman–Crippen MR) is 76.6 cm³/mol. The standard InChI is InChI=1S/C15H13ClN2/c16-11-6-7-13-12(8-11)15(14(9-17)18-13)10-4-2-1-3-5-10/h1-8,18H,9,17H2. The molecule has 0 unspecified atom stereocenters. The SMILES string of the molecule is NCc1[nH]c2ccc(Cl)cc2c1-c1ccccc1. The Morgan fingerprint density at radius 3 is 2.56 bits per heavy atom. The van der Waals surface area contributed by atoms with E-state index in [9.17, 15) is 0 Å². The molecule has 3 aromatic rings. The second kappa shape index (κ2) is 4.48. The van der Waals surface area contributed by atoms with Gasteiger partial charge in [0, 0.05) is 33.7 Å². The molecule has 0 aliphatic rings. The molecular formula is C15H13ClN2. The van der Waals surface area contributed by atoms with E-state index in [1.807, 2.05) is 36.4 Å². The number of aromatic nitrogens is 1. The van der Waals surface area contributed by atoms with Crippen molar-refractivity contribution in [3.05, 3.63) is 59.2 Å². The second-order valence-electron chi connectivity index (χ2n) is 4.24. The van der Waals surface area contributed by atoms with E-state index in [1.54, 1.807) is 0 Å². The largest absolute Gasteiger partial charge is 0.357 e. The Balaban J connectivity index is 2.35. The first kappa shape index (κ1) is 11.3. The van der Waals surface area contributed by atoms with Gasteiger partial charge in [0.05, 0.1) is 0 Å². The van der Waals surface area contributed by atoms with Crippen LogP contribution in [0.3, 0.4) is 0 Å². The van der Waals surface area contributed by atoms with Crippen molar-refractivity contribution >= 4 is 22.5 Å². The quantitative estimate of drug-likeness (QED) is 0.716. The molecule has 3 rings (SSSR count). The van der Waals surface area contributed by atoms with Crippen LogP contribution < -0.4 is 5.73 Å². The maximum Gasteiger partial charge on any atom is 0.0463 e. The van der Waals surface area contributed by atoms with Gasteiger partial charge in [0.2, 0.25) is 0 Å². The highest BCUT2D eigenvalue weighted by molar-refractivity contribution is 6.31. The van der Waals surface area contributed by atoms with Gasteiger partial charge < -0.3 is 10.7 Å². The van der Waals surface area contributed by atoms with Crippen molar-refractivity contribution in [2.75, 3.05) is 0 Å². The summed E-state index contributed by atoms with van der Waals surface area (Å²) in [7, 11) is 0. The number of fused-ring (bicyclic) bond motifs is 1. The van der Waals surface area contributed by atoms with Crippen LogP contribution in [0.1, 0.15) is 5.69 Å². The van der Waals surface area contributed by atoms with Crippen molar-refractivity contribution < 1.29 is 0 Å². The van der Waals surface area contributed by atoms with Crippen molar-refractivity contribution in [1.82, 2.24) is 4.98 Å². The van der Waals surface area contributed by atoms with E-state index in [4.69, 9.17) is 17.3 Å². The minimum Gasteiger partial charge on any atom is -0.357 e. The summed E-state index contributed by atoms with van der Waals surface area (Å²) in [5, 5.41) is 1.86. The zero-order chi connectivity index (χ0) is 12.5. The number of H-pyrrole nitrogens is 1. The first-order valence-electron chi connectivity index (χ1n) is 5.85. The van der Waals surface area contributed by atoms with Gasteiger partial charge in [-0.1, -0.05) is 41.9 Å². The molecule has 0 atom stereocenters. The first-order valence-corrected chi connectivity index (χ1v) is 6.23. The highest BCUT2D eigenvalue weighted by Gasteiger charge is 2.12. The van der Waals surface area contributed by atoms with Crippen LogP contribution in [0.4, 0.5) is 0 Å². The van der Waals surface area contributed by atoms with Crippen molar-refractivity contribution in [1.29, 1.82) is 0 Å². The average molecular weight is 257 g/mol. The minimum absolute atomic E-state index is 0.483. The van der Waals surface area contributed by atoms with Gasteiger partial charge in [0.25, 0.3) is 0 Å². The zero-order valence-corrected chi connectivity index (χ0v) is 10.5. The molecule has 0 aliphatic carbocycles. The van der Waals surface area contributed by atoms with Crippen LogP contribution >= 0.6 is 11.6 Å². The summed E-state index contributed by atoms with van der Waals surface area (Å²) in [5.74, 6) is 0. The van der Waals surface area contributed by atoms with Gasteiger partial charge in [0.15, 0.2) is 0 Å². The average Bonchev–Trinajstić information content (AvgIpc) is 2.77. The lowest BCUT2D eigenvalue weighted by molar-refractivity contribution is 1.02. The Labute approximate surface area is 110 Å². The van der Waals surface area contributed by atoms with Crippen LogP contribution in [0, 0.1) is 0 Å². The van der Waals surface area contributed by atoms with Gasteiger partial charge in [-0.25, -0.2) is 0 Å². The Bertz CT molecular complexity index is 686. The molecule has 0 fully saturated rings. The summed E-state index contributed by atoms with van der Waals surface area (Å²) in [6.45, 7) is 0.483. The summed E-state index contributed by atoms with van der Waals surface area (Å²) in [5.41, 5.74) is 10.2. The fraction of sp³-hybridized carbons (Fsp3) is 0.0667. The molecule has 18 heavy (non-hydrogen) atoms. The second-order valence-corrected chi connectivity index (χ2v) is 4.68. The van der Waals surface area contributed by atoms with E-state index in [2.05, 4.69) is 17.1 Å². The molecule has 2 nitrogen and oxygen atoms in total. The topological polar surface area (TPSA) is 41.8 Å². The van der Waals surface area contributed by atoms with E-state index < -0.39 is 0 Å². The van der Waals surface area contributed by atoms with Gasteiger partial charge in [-0.3, -0.25) is 0 Å². The van der Waals surface area contributed by atoms with Crippen molar-refractivity contribution in [2.45, 2.75) is 6.54 Å². The van der Waals surface area contributed by atoms with Crippen LogP contribution in [0.15, 0.2) is 48.5 Å². The third-order valence-electron chi connectivity index (χ3n) is 3.10. The number of aromatic amines is 1. The number of hydrogen-bond acceptors (Lipinski definition) is 1. The Morgan fingerprint density at radius 1 is 1.06 bits per heavy atom. The number of halogens is 1. The Hall–Kier alpha value is -1.77. The molecule has 1 heterocycles. The van der Waals surface area contributed by atoms with Crippen LogP contribution in [0.5, 0.6) is 0 Å². The molecule has 0 saturated heterocycles. The normalized spacial score (nSPS) is 11.0. The molecule has 0 amide bonds. The highest BCUT2D eigenvalue weighted by atomic mass is 35.5. The van der Waals surface area contributed by atoms with E-state index in [1.165, 1.54) is 0 Å². The lowest BCUT2D eigenvalue weighted by atomic mass is 10.0. The van der Waals surface area contributed by atoms with E-state index in [0.29, 0.717) is 6.54 Å². The number of rotatable bonds is 2. The maximum absolute atomic E-state index is 6.09.